The number of nitrogens with zero attached hydrogens (tertiary/aromatic N) is 1. The molecule has 0 fully saturated rings. The van der Waals surface area contributed by atoms with E-state index in [1.54, 1.807) is 18.2 Å². The summed E-state index contributed by atoms with van der Waals surface area (Å²) in [6.07, 6.45) is 1.47. The Kier molecular flexibility index (Phi) is 6.23. The number of hydrogen-bond acceptors (Lipinski definition) is 4. The Balaban J connectivity index is 1.94. The van der Waals surface area contributed by atoms with Gasteiger partial charge in [-0.3, -0.25) is 10.1 Å². The molecule has 0 bridgehead atoms. The molecule has 7 heteroatoms. The summed E-state index contributed by atoms with van der Waals surface area (Å²) >= 11 is 0. The summed E-state index contributed by atoms with van der Waals surface area (Å²) in [6, 6.07) is 5.18. The summed E-state index contributed by atoms with van der Waals surface area (Å²) in [7, 11) is 1.28. The highest BCUT2D eigenvalue weighted by Gasteiger charge is 2.16. The van der Waals surface area contributed by atoms with Crippen LogP contribution < -0.4 is 10.6 Å². The molecule has 142 valence electrons. The predicted octanol–water partition coefficient (Wildman–Crippen LogP) is 3.93. The molecule has 2 aromatic rings. The van der Waals surface area contributed by atoms with Crippen LogP contribution in [0.5, 0.6) is 0 Å². The van der Waals surface area contributed by atoms with Crippen LogP contribution in [-0.4, -0.2) is 35.6 Å². The van der Waals surface area contributed by atoms with Crippen LogP contribution in [0.25, 0.3) is 11.0 Å². The Hall–Kier alpha value is -2.57. The van der Waals surface area contributed by atoms with Gasteiger partial charge in [0, 0.05) is 12.1 Å². The number of imidazole rings is 1. The van der Waals surface area contributed by atoms with Crippen molar-refractivity contribution in [3.63, 3.8) is 0 Å². The van der Waals surface area contributed by atoms with Crippen LogP contribution in [0.1, 0.15) is 50.9 Å². The van der Waals surface area contributed by atoms with Gasteiger partial charge in [-0.05, 0) is 42.4 Å². The highest BCUT2D eigenvalue weighted by Crippen LogP contribution is 2.25. The number of anilines is 1. The zero-order valence-corrected chi connectivity index (χ0v) is 16.1. The monoisotopic (exact) mass is 360 g/mol. The molecule has 0 saturated carbocycles. The molecule has 0 radical (unpaired) electrons. The van der Waals surface area contributed by atoms with E-state index in [1.165, 1.54) is 7.11 Å². The fourth-order valence-electron chi connectivity index (χ4n) is 3.04. The maximum Gasteiger partial charge on any atom is 0.413 e. The van der Waals surface area contributed by atoms with Gasteiger partial charge in [-0.25, -0.2) is 9.78 Å². The molecule has 1 aromatic carbocycles. The van der Waals surface area contributed by atoms with E-state index in [0.29, 0.717) is 34.5 Å². The van der Waals surface area contributed by atoms with Crippen molar-refractivity contribution in [3.05, 3.63) is 23.8 Å². The predicted molar refractivity (Wildman–Crippen MR) is 102 cm³/mol. The number of aromatic amines is 1. The number of carbonyl (C=O) groups excluding carboxylic acids is 2. The summed E-state index contributed by atoms with van der Waals surface area (Å²) < 4.78 is 4.53. The Morgan fingerprint density at radius 1 is 1.31 bits per heavy atom. The second-order valence-electron chi connectivity index (χ2n) is 7.85. The van der Waals surface area contributed by atoms with Gasteiger partial charge in [0.1, 0.15) is 0 Å². The lowest BCUT2D eigenvalue weighted by Gasteiger charge is -2.23. The van der Waals surface area contributed by atoms with Gasteiger partial charge in [0.2, 0.25) is 5.95 Å². The van der Waals surface area contributed by atoms with E-state index < -0.39 is 6.09 Å². The lowest BCUT2D eigenvalue weighted by Crippen LogP contribution is -2.26. The van der Waals surface area contributed by atoms with Crippen molar-refractivity contribution in [3.8, 4) is 0 Å². The quantitative estimate of drug-likeness (QED) is 0.727. The molecule has 1 aromatic heterocycles. The Bertz CT molecular complexity index is 777. The third-order valence-corrected chi connectivity index (χ3v) is 4.03. The summed E-state index contributed by atoms with van der Waals surface area (Å²) in [6.45, 7) is 9.54. The number of H-pyrrole nitrogens is 1. The van der Waals surface area contributed by atoms with E-state index in [9.17, 15) is 9.59 Å². The molecule has 2 rings (SSSR count). The smallest absolute Gasteiger partial charge is 0.413 e. The number of amides is 2. The van der Waals surface area contributed by atoms with Gasteiger partial charge in [0.05, 0.1) is 18.1 Å². The third-order valence-electron chi connectivity index (χ3n) is 4.03. The number of ether oxygens (including phenoxy) is 1. The maximum atomic E-state index is 12.4. The molecule has 0 spiro atoms. The van der Waals surface area contributed by atoms with Crippen molar-refractivity contribution in [2.24, 2.45) is 11.3 Å². The molecule has 0 aliphatic carbocycles. The van der Waals surface area contributed by atoms with Crippen LogP contribution in [0.2, 0.25) is 0 Å². The van der Waals surface area contributed by atoms with E-state index in [0.717, 1.165) is 12.8 Å². The second-order valence-corrected chi connectivity index (χ2v) is 7.85. The molecular formula is C19H28N4O3. The van der Waals surface area contributed by atoms with E-state index in [2.05, 4.69) is 53.0 Å². The molecule has 1 heterocycles. The van der Waals surface area contributed by atoms with Crippen LogP contribution in [0, 0.1) is 11.3 Å². The van der Waals surface area contributed by atoms with E-state index >= 15 is 0 Å². The van der Waals surface area contributed by atoms with Crippen LogP contribution in [0.4, 0.5) is 10.7 Å². The Morgan fingerprint density at radius 2 is 2.04 bits per heavy atom. The van der Waals surface area contributed by atoms with Crippen LogP contribution >= 0.6 is 0 Å². The molecule has 0 aliphatic rings. The first kappa shape index (κ1) is 19.8. The lowest BCUT2D eigenvalue weighted by molar-refractivity contribution is 0.0951. The molecule has 0 saturated heterocycles. The van der Waals surface area contributed by atoms with Crippen molar-refractivity contribution in [1.29, 1.82) is 0 Å². The van der Waals surface area contributed by atoms with Crippen molar-refractivity contribution in [2.75, 3.05) is 19.0 Å². The van der Waals surface area contributed by atoms with E-state index in [4.69, 9.17) is 0 Å². The van der Waals surface area contributed by atoms with Gasteiger partial charge >= 0.3 is 6.09 Å². The number of nitrogens with one attached hydrogen (secondary N) is 3. The SMILES string of the molecule is COC(=O)Nc1nc2ccc(C(=O)NCCC(C)CC(C)(C)C)cc2[nH]1. The molecule has 1 atom stereocenters. The Morgan fingerprint density at radius 3 is 2.69 bits per heavy atom. The standard InChI is InChI=1S/C19H28N4O3/c1-12(11-19(2,3)4)8-9-20-16(24)13-6-7-14-15(10-13)22-17(21-14)23-18(25)26-5/h6-7,10,12H,8-9,11H2,1-5H3,(H,20,24)(H2,21,22,23,25). The fourth-order valence-corrected chi connectivity index (χ4v) is 3.04. The topological polar surface area (TPSA) is 96.1 Å². The van der Waals surface area contributed by atoms with Gasteiger partial charge in [0.25, 0.3) is 5.91 Å². The molecule has 26 heavy (non-hydrogen) atoms. The molecule has 7 nitrogen and oxygen atoms in total. The van der Waals surface area contributed by atoms with E-state index in [1.807, 2.05) is 0 Å². The number of fused-ring (bicyclic) bond motifs is 1. The lowest BCUT2D eigenvalue weighted by atomic mass is 9.84. The zero-order valence-electron chi connectivity index (χ0n) is 16.1. The summed E-state index contributed by atoms with van der Waals surface area (Å²) in [5.41, 5.74) is 2.18. The second kappa shape index (κ2) is 8.21. The van der Waals surface area contributed by atoms with Gasteiger partial charge in [-0.2, -0.15) is 0 Å². The zero-order chi connectivity index (χ0) is 19.3. The number of benzene rings is 1. The largest absolute Gasteiger partial charge is 0.453 e. The number of aromatic nitrogens is 2. The van der Waals surface area contributed by atoms with Crippen molar-refractivity contribution >= 4 is 29.0 Å². The first-order chi connectivity index (χ1) is 12.2. The number of rotatable bonds is 6. The van der Waals surface area contributed by atoms with E-state index in [-0.39, 0.29) is 11.9 Å². The minimum atomic E-state index is -0.605. The maximum absolute atomic E-state index is 12.4. The third kappa shape index (κ3) is 5.75. The summed E-state index contributed by atoms with van der Waals surface area (Å²) in [5.74, 6) is 0.713. The number of methoxy groups -OCH3 is 1. The first-order valence-electron chi connectivity index (χ1n) is 8.81. The van der Waals surface area contributed by atoms with Crippen molar-refractivity contribution < 1.29 is 14.3 Å². The average molecular weight is 360 g/mol. The highest BCUT2D eigenvalue weighted by molar-refractivity contribution is 5.97. The summed E-state index contributed by atoms with van der Waals surface area (Å²) in [5, 5.41) is 5.43. The van der Waals surface area contributed by atoms with Crippen LogP contribution in [0.15, 0.2) is 18.2 Å². The normalized spacial score (nSPS) is 12.7. The van der Waals surface area contributed by atoms with Gasteiger partial charge in [-0.15, -0.1) is 0 Å². The van der Waals surface area contributed by atoms with Gasteiger partial charge < -0.3 is 15.0 Å². The van der Waals surface area contributed by atoms with Gasteiger partial charge in [-0.1, -0.05) is 27.7 Å². The minimum absolute atomic E-state index is 0.119. The molecule has 0 aliphatic heterocycles. The van der Waals surface area contributed by atoms with Crippen molar-refractivity contribution in [1.82, 2.24) is 15.3 Å². The molecule has 2 amide bonds. The van der Waals surface area contributed by atoms with Crippen LogP contribution in [0.3, 0.4) is 0 Å². The Labute approximate surface area is 153 Å². The number of hydrogen-bond donors (Lipinski definition) is 3. The summed E-state index contributed by atoms with van der Waals surface area (Å²) in [4.78, 5) is 30.8. The molecule has 3 N–H and O–H groups in total. The molecule has 1 unspecified atom stereocenters. The minimum Gasteiger partial charge on any atom is -0.453 e. The molecular weight excluding hydrogens is 332 g/mol. The number of carbonyl (C=O) groups is 2. The fraction of sp³-hybridized carbons (Fsp3) is 0.526. The first-order valence-corrected chi connectivity index (χ1v) is 8.81. The highest BCUT2D eigenvalue weighted by atomic mass is 16.5. The van der Waals surface area contributed by atoms with Gasteiger partial charge in [0.15, 0.2) is 0 Å². The van der Waals surface area contributed by atoms with Crippen LogP contribution in [-0.2, 0) is 4.74 Å². The van der Waals surface area contributed by atoms with Crippen molar-refractivity contribution in [2.45, 2.75) is 40.5 Å². The average Bonchev–Trinajstić information content (AvgIpc) is 2.93.